The summed E-state index contributed by atoms with van der Waals surface area (Å²) in [6.07, 6.45) is 0. The maximum Gasteiger partial charge on any atom is 0.144 e. The number of ether oxygens (including phenoxy) is 1. The molecule has 0 spiro atoms. The summed E-state index contributed by atoms with van der Waals surface area (Å²) in [7, 11) is 1.42. The van der Waals surface area contributed by atoms with Gasteiger partial charge in [-0.05, 0) is 36.8 Å². The van der Waals surface area contributed by atoms with Crippen LogP contribution in [0.3, 0.4) is 0 Å². The molecule has 5 heteroatoms. The summed E-state index contributed by atoms with van der Waals surface area (Å²) >= 11 is 0. The Morgan fingerprint density at radius 3 is 2.20 bits per heavy atom. The van der Waals surface area contributed by atoms with Crippen LogP contribution < -0.4 is 10.1 Å². The third-order valence-corrected chi connectivity index (χ3v) is 2.92. The first-order valence-corrected chi connectivity index (χ1v) is 6.05. The highest BCUT2D eigenvalue weighted by molar-refractivity contribution is 5.57. The molecule has 0 aliphatic carbocycles. The second kappa shape index (κ2) is 5.86. The fourth-order valence-electron chi connectivity index (χ4n) is 1.93. The molecule has 2 aromatic rings. The first-order valence-electron chi connectivity index (χ1n) is 6.05. The number of anilines is 1. The van der Waals surface area contributed by atoms with E-state index in [-0.39, 0.29) is 6.04 Å². The van der Waals surface area contributed by atoms with Gasteiger partial charge in [-0.25, -0.2) is 13.2 Å². The second-order valence-electron chi connectivity index (χ2n) is 4.41. The lowest BCUT2D eigenvalue weighted by molar-refractivity contribution is 0.412. The molecule has 0 fully saturated rings. The quantitative estimate of drug-likeness (QED) is 0.902. The fraction of sp³-hybridized carbons (Fsp3) is 0.200. The summed E-state index contributed by atoms with van der Waals surface area (Å²) in [6.45, 7) is 1.75. The van der Waals surface area contributed by atoms with Crippen molar-refractivity contribution in [2.45, 2.75) is 13.0 Å². The Morgan fingerprint density at radius 1 is 0.950 bits per heavy atom. The van der Waals surface area contributed by atoms with Crippen LogP contribution in [0.2, 0.25) is 0 Å². The maximum absolute atomic E-state index is 13.2. The van der Waals surface area contributed by atoms with Crippen LogP contribution in [0, 0.1) is 17.5 Å². The standard InChI is InChI=1S/C15H14F3NO/c1-9(10-5-12(17)7-13(18)6-10)19-14-4-3-11(16)8-15(14)20-2/h3-9,19H,1-2H3. The molecule has 0 saturated heterocycles. The number of nitrogens with one attached hydrogen (secondary N) is 1. The normalized spacial score (nSPS) is 12.1. The van der Waals surface area contributed by atoms with Crippen molar-refractivity contribution in [3.05, 3.63) is 59.4 Å². The number of hydrogen-bond acceptors (Lipinski definition) is 2. The monoisotopic (exact) mass is 281 g/mol. The van der Waals surface area contributed by atoms with E-state index in [2.05, 4.69) is 5.32 Å². The highest BCUT2D eigenvalue weighted by Crippen LogP contribution is 2.29. The van der Waals surface area contributed by atoms with Crippen LogP contribution >= 0.6 is 0 Å². The van der Waals surface area contributed by atoms with Crippen molar-refractivity contribution in [3.63, 3.8) is 0 Å². The molecule has 2 nitrogen and oxygen atoms in total. The Balaban J connectivity index is 2.25. The minimum atomic E-state index is -0.639. The predicted molar refractivity (Wildman–Crippen MR) is 71.3 cm³/mol. The predicted octanol–water partition coefficient (Wildman–Crippen LogP) is 4.29. The Hall–Kier alpha value is -2.17. The van der Waals surface area contributed by atoms with E-state index in [0.29, 0.717) is 17.0 Å². The number of hydrogen-bond donors (Lipinski definition) is 1. The van der Waals surface area contributed by atoms with Gasteiger partial charge in [0, 0.05) is 18.2 Å². The number of rotatable bonds is 4. The van der Waals surface area contributed by atoms with Crippen molar-refractivity contribution in [2.75, 3.05) is 12.4 Å². The highest BCUT2D eigenvalue weighted by Gasteiger charge is 2.11. The van der Waals surface area contributed by atoms with E-state index >= 15 is 0 Å². The molecule has 106 valence electrons. The molecule has 0 aliphatic heterocycles. The van der Waals surface area contributed by atoms with E-state index in [4.69, 9.17) is 4.74 Å². The van der Waals surface area contributed by atoms with Crippen LogP contribution in [0.15, 0.2) is 36.4 Å². The number of methoxy groups -OCH3 is 1. The molecule has 0 amide bonds. The van der Waals surface area contributed by atoms with E-state index in [9.17, 15) is 13.2 Å². The minimum absolute atomic E-state index is 0.328. The molecule has 0 saturated carbocycles. The molecule has 1 unspecified atom stereocenters. The van der Waals surface area contributed by atoms with Crippen molar-refractivity contribution in [1.82, 2.24) is 0 Å². The highest BCUT2D eigenvalue weighted by atomic mass is 19.1. The molecular weight excluding hydrogens is 267 g/mol. The smallest absolute Gasteiger partial charge is 0.144 e. The topological polar surface area (TPSA) is 21.3 Å². The van der Waals surface area contributed by atoms with Gasteiger partial charge in [0.05, 0.1) is 12.8 Å². The van der Waals surface area contributed by atoms with Crippen LogP contribution in [0.1, 0.15) is 18.5 Å². The number of benzene rings is 2. The molecule has 2 aromatic carbocycles. The molecule has 0 radical (unpaired) electrons. The van der Waals surface area contributed by atoms with Crippen LogP contribution in [0.4, 0.5) is 18.9 Å². The Morgan fingerprint density at radius 2 is 1.60 bits per heavy atom. The number of halogens is 3. The Bertz CT molecular complexity index is 596. The molecule has 2 rings (SSSR count). The van der Waals surface area contributed by atoms with E-state index in [1.54, 1.807) is 6.92 Å². The molecule has 0 aromatic heterocycles. The molecule has 0 aliphatic rings. The van der Waals surface area contributed by atoms with Gasteiger partial charge >= 0.3 is 0 Å². The van der Waals surface area contributed by atoms with Gasteiger partial charge in [0.15, 0.2) is 0 Å². The first-order chi connectivity index (χ1) is 9.49. The Labute approximate surface area is 115 Å². The van der Waals surface area contributed by atoms with E-state index in [0.717, 1.165) is 6.07 Å². The summed E-state index contributed by atoms with van der Waals surface area (Å²) in [5.74, 6) is -1.37. The van der Waals surface area contributed by atoms with Gasteiger partial charge < -0.3 is 10.1 Å². The van der Waals surface area contributed by atoms with Gasteiger partial charge in [-0.1, -0.05) is 0 Å². The average molecular weight is 281 g/mol. The molecule has 20 heavy (non-hydrogen) atoms. The minimum Gasteiger partial charge on any atom is -0.494 e. The maximum atomic E-state index is 13.2. The summed E-state index contributed by atoms with van der Waals surface area (Å²) in [4.78, 5) is 0. The lowest BCUT2D eigenvalue weighted by Gasteiger charge is -2.18. The van der Waals surface area contributed by atoms with E-state index < -0.39 is 17.5 Å². The summed E-state index contributed by atoms with van der Waals surface area (Å²) in [6, 6.07) is 6.98. The van der Waals surface area contributed by atoms with Gasteiger partial charge in [0.2, 0.25) is 0 Å². The third kappa shape index (κ3) is 3.23. The van der Waals surface area contributed by atoms with E-state index in [1.807, 2.05) is 0 Å². The summed E-state index contributed by atoms with van der Waals surface area (Å²) in [5.41, 5.74) is 1.000. The SMILES string of the molecule is COc1cc(F)ccc1NC(C)c1cc(F)cc(F)c1. The van der Waals surface area contributed by atoms with Gasteiger partial charge in [0.25, 0.3) is 0 Å². The van der Waals surface area contributed by atoms with Crippen LogP contribution in [0.5, 0.6) is 5.75 Å². The van der Waals surface area contributed by atoms with Crippen molar-refractivity contribution in [3.8, 4) is 5.75 Å². The van der Waals surface area contributed by atoms with Gasteiger partial charge in [-0.2, -0.15) is 0 Å². The van der Waals surface area contributed by atoms with Crippen molar-refractivity contribution in [1.29, 1.82) is 0 Å². The van der Waals surface area contributed by atoms with E-state index in [1.165, 1.54) is 37.4 Å². The Kier molecular flexibility index (Phi) is 4.17. The van der Waals surface area contributed by atoms with Crippen LogP contribution in [-0.2, 0) is 0 Å². The first kappa shape index (κ1) is 14.2. The summed E-state index contributed by atoms with van der Waals surface area (Å²) in [5, 5.41) is 3.03. The molecule has 1 N–H and O–H groups in total. The lowest BCUT2D eigenvalue weighted by Crippen LogP contribution is -2.08. The molecule has 0 heterocycles. The van der Waals surface area contributed by atoms with Gasteiger partial charge in [-0.15, -0.1) is 0 Å². The van der Waals surface area contributed by atoms with Gasteiger partial charge in [-0.3, -0.25) is 0 Å². The molecule has 0 bridgehead atoms. The molecular formula is C15H14F3NO. The molecule has 1 atom stereocenters. The largest absolute Gasteiger partial charge is 0.494 e. The van der Waals surface area contributed by atoms with Crippen molar-refractivity contribution < 1.29 is 17.9 Å². The fourth-order valence-corrected chi connectivity index (χ4v) is 1.93. The van der Waals surface area contributed by atoms with Gasteiger partial charge in [0.1, 0.15) is 23.2 Å². The zero-order valence-corrected chi connectivity index (χ0v) is 11.1. The van der Waals surface area contributed by atoms with Crippen LogP contribution in [-0.4, -0.2) is 7.11 Å². The lowest BCUT2D eigenvalue weighted by atomic mass is 10.1. The zero-order valence-electron chi connectivity index (χ0n) is 11.1. The summed E-state index contributed by atoms with van der Waals surface area (Å²) < 4.78 is 44.5. The third-order valence-electron chi connectivity index (χ3n) is 2.92. The van der Waals surface area contributed by atoms with Crippen LogP contribution in [0.25, 0.3) is 0 Å². The second-order valence-corrected chi connectivity index (χ2v) is 4.41. The van der Waals surface area contributed by atoms with Crippen molar-refractivity contribution in [2.24, 2.45) is 0 Å². The van der Waals surface area contributed by atoms with Crippen molar-refractivity contribution >= 4 is 5.69 Å². The average Bonchev–Trinajstić information content (AvgIpc) is 2.39. The zero-order chi connectivity index (χ0) is 14.7.